The van der Waals surface area contributed by atoms with Gasteiger partial charge in [-0.1, -0.05) is 23.7 Å². The molecule has 1 aromatic carbocycles. The van der Waals surface area contributed by atoms with E-state index in [1.54, 1.807) is 28.9 Å². The maximum atomic E-state index is 12.6. The van der Waals surface area contributed by atoms with Gasteiger partial charge in [0.15, 0.2) is 0 Å². The Kier molecular flexibility index (Phi) is 4.06. The van der Waals surface area contributed by atoms with Gasteiger partial charge in [0.1, 0.15) is 5.82 Å². The number of hydrogen-bond donors (Lipinski definition) is 1. The monoisotopic (exact) mass is 351 g/mol. The molecule has 0 spiro atoms. The molecular formula is C16H18ClN3O2S. The second-order valence-electron chi connectivity index (χ2n) is 6.52. The summed E-state index contributed by atoms with van der Waals surface area (Å²) in [6.45, 7) is 6.03. The van der Waals surface area contributed by atoms with Crippen LogP contribution in [-0.4, -0.2) is 19.9 Å². The number of benzene rings is 1. The fraction of sp³-hybridized carbons (Fsp3) is 0.375. The summed E-state index contributed by atoms with van der Waals surface area (Å²) in [4.78, 5) is 12.6. The van der Waals surface area contributed by atoms with E-state index >= 15 is 0 Å². The first kappa shape index (κ1) is 16.2. The summed E-state index contributed by atoms with van der Waals surface area (Å²) in [7, 11) is -0.950. The maximum absolute atomic E-state index is 12.6. The Hall–Kier alpha value is -1.66. The minimum atomic E-state index is -0.950. The number of halogens is 1. The number of aromatic nitrogens is 2. The first-order chi connectivity index (χ1) is 10.8. The number of carbonyl (C=O) groups excluding carboxylic acids is 1. The predicted octanol–water partition coefficient (Wildman–Crippen LogP) is 3.31. The molecule has 0 saturated carbocycles. The van der Waals surface area contributed by atoms with Crippen LogP contribution in [0, 0.1) is 0 Å². The Morgan fingerprint density at radius 2 is 2.00 bits per heavy atom. The van der Waals surface area contributed by atoms with Crippen molar-refractivity contribution in [1.82, 2.24) is 9.78 Å². The molecule has 0 radical (unpaired) electrons. The van der Waals surface area contributed by atoms with Crippen LogP contribution in [0.1, 0.15) is 42.4 Å². The number of hydrogen-bond acceptors (Lipinski definition) is 3. The van der Waals surface area contributed by atoms with Crippen molar-refractivity contribution < 1.29 is 9.00 Å². The Bertz CT molecular complexity index is 808. The quantitative estimate of drug-likeness (QED) is 0.902. The van der Waals surface area contributed by atoms with Gasteiger partial charge in [-0.3, -0.25) is 9.00 Å². The molecule has 1 aliphatic heterocycles. The van der Waals surface area contributed by atoms with Gasteiger partial charge in [0.25, 0.3) is 5.91 Å². The lowest BCUT2D eigenvalue weighted by Gasteiger charge is -2.23. The third-order valence-electron chi connectivity index (χ3n) is 3.66. The highest BCUT2D eigenvalue weighted by molar-refractivity contribution is 7.83. The minimum absolute atomic E-state index is 0.290. The third kappa shape index (κ3) is 3.05. The van der Waals surface area contributed by atoms with Crippen LogP contribution < -0.4 is 5.32 Å². The Labute approximate surface area is 142 Å². The van der Waals surface area contributed by atoms with Crippen molar-refractivity contribution in [3.8, 4) is 0 Å². The fourth-order valence-corrected chi connectivity index (χ4v) is 4.05. The van der Waals surface area contributed by atoms with E-state index in [4.69, 9.17) is 11.6 Å². The number of carbonyl (C=O) groups is 1. The lowest BCUT2D eigenvalue weighted by molar-refractivity contribution is 0.102. The van der Waals surface area contributed by atoms with Crippen LogP contribution in [-0.2, 0) is 27.8 Å². The van der Waals surface area contributed by atoms with E-state index < -0.39 is 10.8 Å². The molecule has 1 unspecified atom stereocenters. The SMILES string of the molecule is CC(C)(C)n1nc2c(c1NC(=O)c1ccccc1Cl)CS(=O)C2. The number of anilines is 1. The van der Waals surface area contributed by atoms with Crippen molar-refractivity contribution in [3.63, 3.8) is 0 Å². The second-order valence-corrected chi connectivity index (χ2v) is 8.38. The van der Waals surface area contributed by atoms with Crippen LogP contribution in [0.25, 0.3) is 0 Å². The molecule has 122 valence electrons. The summed E-state index contributed by atoms with van der Waals surface area (Å²) in [6, 6.07) is 6.89. The average molecular weight is 352 g/mol. The van der Waals surface area contributed by atoms with Gasteiger partial charge < -0.3 is 5.32 Å². The zero-order valence-corrected chi connectivity index (χ0v) is 14.8. The standard InChI is InChI=1S/C16H18ClN3O2S/c1-16(2,3)20-14(11-8-23(22)9-13(11)19-20)18-15(21)10-6-4-5-7-12(10)17/h4-7H,8-9H2,1-3H3,(H,18,21). The lowest BCUT2D eigenvalue weighted by Crippen LogP contribution is -2.27. The summed E-state index contributed by atoms with van der Waals surface area (Å²) < 4.78 is 13.6. The number of nitrogens with one attached hydrogen (secondary N) is 1. The highest BCUT2D eigenvalue weighted by Gasteiger charge is 2.31. The van der Waals surface area contributed by atoms with Crippen LogP contribution in [0.5, 0.6) is 0 Å². The largest absolute Gasteiger partial charge is 0.306 e. The van der Waals surface area contributed by atoms with Crippen LogP contribution in [0.4, 0.5) is 5.82 Å². The summed E-state index contributed by atoms with van der Waals surface area (Å²) in [5, 5.41) is 7.87. The van der Waals surface area contributed by atoms with Gasteiger partial charge >= 0.3 is 0 Å². The molecule has 23 heavy (non-hydrogen) atoms. The van der Waals surface area contributed by atoms with Crippen LogP contribution in [0.15, 0.2) is 24.3 Å². The normalized spacial score (nSPS) is 17.1. The van der Waals surface area contributed by atoms with E-state index in [1.165, 1.54) is 0 Å². The highest BCUT2D eigenvalue weighted by atomic mass is 35.5. The van der Waals surface area contributed by atoms with Crippen molar-refractivity contribution in [2.45, 2.75) is 37.8 Å². The highest BCUT2D eigenvalue weighted by Crippen LogP contribution is 2.33. The molecule has 3 rings (SSSR count). The lowest BCUT2D eigenvalue weighted by atomic mass is 10.1. The molecule has 1 N–H and O–H groups in total. The average Bonchev–Trinajstić information content (AvgIpc) is 2.96. The molecular weight excluding hydrogens is 334 g/mol. The van der Waals surface area contributed by atoms with Crippen molar-refractivity contribution in [1.29, 1.82) is 0 Å². The topological polar surface area (TPSA) is 64.0 Å². The van der Waals surface area contributed by atoms with Gasteiger partial charge in [0.05, 0.1) is 33.3 Å². The number of nitrogens with zero attached hydrogens (tertiary/aromatic N) is 2. The number of fused-ring (bicyclic) bond motifs is 1. The Morgan fingerprint density at radius 1 is 1.30 bits per heavy atom. The van der Waals surface area contributed by atoms with Crippen molar-refractivity contribution in [3.05, 3.63) is 46.1 Å². The first-order valence-electron chi connectivity index (χ1n) is 7.29. The van der Waals surface area contributed by atoms with Crippen molar-refractivity contribution in [2.24, 2.45) is 0 Å². The zero-order chi connectivity index (χ0) is 16.8. The second kappa shape index (κ2) is 5.76. The van der Waals surface area contributed by atoms with Gasteiger partial charge in [0, 0.05) is 16.4 Å². The molecule has 2 aromatic rings. The van der Waals surface area contributed by atoms with E-state index in [9.17, 15) is 9.00 Å². The first-order valence-corrected chi connectivity index (χ1v) is 9.16. The van der Waals surface area contributed by atoms with Gasteiger partial charge in [-0.25, -0.2) is 4.68 Å². The maximum Gasteiger partial charge on any atom is 0.258 e. The summed E-state index contributed by atoms with van der Waals surface area (Å²) in [5.74, 6) is 1.18. The van der Waals surface area contributed by atoms with E-state index in [2.05, 4.69) is 10.4 Å². The molecule has 7 heteroatoms. The van der Waals surface area contributed by atoms with Gasteiger partial charge in [-0.15, -0.1) is 0 Å². The molecule has 1 aromatic heterocycles. The van der Waals surface area contributed by atoms with E-state index in [0.29, 0.717) is 27.9 Å². The molecule has 1 amide bonds. The molecule has 1 aliphatic rings. The molecule has 0 bridgehead atoms. The van der Waals surface area contributed by atoms with Crippen LogP contribution >= 0.6 is 11.6 Å². The fourth-order valence-electron chi connectivity index (χ4n) is 2.56. The van der Waals surface area contributed by atoms with Crippen molar-refractivity contribution >= 4 is 34.1 Å². The van der Waals surface area contributed by atoms with Gasteiger partial charge in [0.2, 0.25) is 0 Å². The number of amides is 1. The molecule has 2 heterocycles. The molecule has 0 saturated heterocycles. The molecule has 1 atom stereocenters. The predicted molar refractivity (Wildman–Crippen MR) is 92.2 cm³/mol. The van der Waals surface area contributed by atoms with Crippen LogP contribution in [0.3, 0.4) is 0 Å². The summed E-state index contributed by atoms with van der Waals surface area (Å²) >= 11 is 6.10. The Balaban J connectivity index is 2.01. The zero-order valence-electron chi connectivity index (χ0n) is 13.2. The van der Waals surface area contributed by atoms with Gasteiger partial charge in [-0.2, -0.15) is 5.10 Å². The van der Waals surface area contributed by atoms with E-state index in [0.717, 1.165) is 11.3 Å². The van der Waals surface area contributed by atoms with E-state index in [1.807, 2.05) is 20.8 Å². The molecule has 5 nitrogen and oxygen atoms in total. The van der Waals surface area contributed by atoms with E-state index in [-0.39, 0.29) is 11.4 Å². The summed E-state index contributed by atoms with van der Waals surface area (Å²) in [6.07, 6.45) is 0. The smallest absolute Gasteiger partial charge is 0.258 e. The molecule has 0 aliphatic carbocycles. The number of rotatable bonds is 2. The third-order valence-corrected chi connectivity index (χ3v) is 5.19. The van der Waals surface area contributed by atoms with Crippen LogP contribution in [0.2, 0.25) is 5.02 Å². The van der Waals surface area contributed by atoms with Gasteiger partial charge in [-0.05, 0) is 32.9 Å². The van der Waals surface area contributed by atoms with Crippen molar-refractivity contribution in [2.75, 3.05) is 5.32 Å². The molecule has 0 fully saturated rings. The minimum Gasteiger partial charge on any atom is -0.306 e. The Morgan fingerprint density at radius 3 is 2.65 bits per heavy atom. The summed E-state index contributed by atoms with van der Waals surface area (Å²) in [5.41, 5.74) is 1.77.